The minimum Gasteiger partial charge on any atom is -0.458 e. The number of benzene rings is 2. The van der Waals surface area contributed by atoms with Crippen molar-refractivity contribution < 1.29 is 13.9 Å². The summed E-state index contributed by atoms with van der Waals surface area (Å²) in [4.78, 5) is 0. The Morgan fingerprint density at radius 3 is 2.70 bits per heavy atom. The molecule has 3 aromatic rings. The van der Waals surface area contributed by atoms with Gasteiger partial charge in [-0.2, -0.15) is 0 Å². The van der Waals surface area contributed by atoms with Crippen LogP contribution in [0.2, 0.25) is 5.02 Å². The van der Waals surface area contributed by atoms with Gasteiger partial charge in [-0.3, -0.25) is 0 Å². The summed E-state index contributed by atoms with van der Waals surface area (Å²) >= 11 is 8.16. The summed E-state index contributed by atoms with van der Waals surface area (Å²) in [6, 6.07) is 11.2. The van der Waals surface area contributed by atoms with Gasteiger partial charge in [0.2, 0.25) is 0 Å². The van der Waals surface area contributed by atoms with Gasteiger partial charge in [-0.15, -0.1) is 0 Å². The van der Waals surface area contributed by atoms with E-state index in [1.54, 1.807) is 24.3 Å². The molecule has 1 N–H and O–H groups in total. The number of rotatable bonds is 2. The van der Waals surface area contributed by atoms with Gasteiger partial charge in [0.15, 0.2) is 0 Å². The third-order valence-electron chi connectivity index (χ3n) is 3.03. The Hall–Kier alpha value is -1.11. The van der Waals surface area contributed by atoms with Crippen molar-refractivity contribution >= 4 is 45.2 Å². The summed E-state index contributed by atoms with van der Waals surface area (Å²) in [6.45, 7) is 0. The zero-order valence-electron chi connectivity index (χ0n) is 10.1. The first kappa shape index (κ1) is 13.9. The predicted molar refractivity (Wildman–Crippen MR) is 84.4 cm³/mol. The molecule has 0 amide bonds. The number of hydrogen-bond acceptors (Lipinski definition) is 2. The molecule has 0 saturated heterocycles. The van der Waals surface area contributed by atoms with Gasteiger partial charge < -0.3 is 9.52 Å². The van der Waals surface area contributed by atoms with E-state index < -0.39 is 6.10 Å². The predicted octanol–water partition coefficient (Wildman–Crippen LogP) is 4.91. The van der Waals surface area contributed by atoms with E-state index in [9.17, 15) is 9.50 Å². The van der Waals surface area contributed by atoms with Crippen molar-refractivity contribution in [3.63, 3.8) is 0 Å². The maximum Gasteiger partial charge on any atom is 0.138 e. The van der Waals surface area contributed by atoms with E-state index in [2.05, 4.69) is 22.6 Å². The lowest BCUT2D eigenvalue weighted by molar-refractivity contribution is 0.192. The van der Waals surface area contributed by atoms with Crippen molar-refractivity contribution in [1.29, 1.82) is 0 Å². The van der Waals surface area contributed by atoms with Crippen molar-refractivity contribution in [3.05, 3.63) is 68.2 Å². The van der Waals surface area contributed by atoms with Crippen molar-refractivity contribution in [2.75, 3.05) is 0 Å². The summed E-state index contributed by atoms with van der Waals surface area (Å²) < 4.78 is 19.6. The number of halogens is 3. The lowest BCUT2D eigenvalue weighted by Gasteiger charge is -2.08. The standard InChI is InChI=1S/C15H9ClFIO2/c16-11-6-8(1-3-12(11)18)15(19)14-7-9-5-10(17)2-4-13(9)20-14/h1-7,15,19H. The zero-order chi connectivity index (χ0) is 14.3. The van der Waals surface area contributed by atoms with Crippen LogP contribution in [0.1, 0.15) is 17.4 Å². The van der Waals surface area contributed by atoms with Gasteiger partial charge in [-0.05, 0) is 64.6 Å². The second-order valence-electron chi connectivity index (χ2n) is 4.41. The second-order valence-corrected chi connectivity index (χ2v) is 5.98. The highest BCUT2D eigenvalue weighted by Crippen LogP contribution is 2.30. The molecule has 102 valence electrons. The van der Waals surface area contributed by atoms with Crippen molar-refractivity contribution in [1.82, 2.24) is 0 Å². The van der Waals surface area contributed by atoms with Gasteiger partial charge in [0.05, 0.1) is 5.02 Å². The van der Waals surface area contributed by atoms with Gasteiger partial charge in [0, 0.05) is 8.96 Å². The van der Waals surface area contributed by atoms with E-state index in [4.69, 9.17) is 16.0 Å². The van der Waals surface area contributed by atoms with Gasteiger partial charge in [0.25, 0.3) is 0 Å². The van der Waals surface area contributed by atoms with E-state index in [0.29, 0.717) is 27.3 Å². The molecule has 0 saturated carbocycles. The Morgan fingerprint density at radius 1 is 1.15 bits per heavy atom. The Morgan fingerprint density at radius 2 is 1.95 bits per heavy atom. The molecular formula is C15H9ClFIO2. The minimum absolute atomic E-state index is 0.336. The lowest BCUT2D eigenvalue weighted by Crippen LogP contribution is -1.98. The van der Waals surface area contributed by atoms with Crippen LogP contribution < -0.4 is 0 Å². The highest BCUT2D eigenvalue weighted by atomic mass is 127. The monoisotopic (exact) mass is 402 g/mol. The molecule has 2 aromatic carbocycles. The fraction of sp³-hybridized carbons (Fsp3) is 0.0667. The van der Waals surface area contributed by atoms with Crippen molar-refractivity contribution in [2.45, 2.75) is 6.10 Å². The Balaban J connectivity index is 2.02. The normalized spacial score (nSPS) is 12.8. The van der Waals surface area contributed by atoms with Crippen LogP contribution >= 0.6 is 34.2 Å². The fourth-order valence-corrected chi connectivity index (χ4v) is 2.54. The quantitative estimate of drug-likeness (QED) is 0.618. The number of aliphatic hydroxyl groups is 1. The first-order valence-corrected chi connectivity index (χ1v) is 7.32. The van der Waals surface area contributed by atoms with Gasteiger partial charge in [-0.25, -0.2) is 4.39 Å². The largest absolute Gasteiger partial charge is 0.458 e. The van der Waals surface area contributed by atoms with E-state index in [1.165, 1.54) is 12.1 Å². The molecule has 1 unspecified atom stereocenters. The molecular weight excluding hydrogens is 394 g/mol. The summed E-state index contributed by atoms with van der Waals surface area (Å²) in [5, 5.41) is 11.5. The van der Waals surface area contributed by atoms with Gasteiger partial charge in [-0.1, -0.05) is 17.7 Å². The smallest absolute Gasteiger partial charge is 0.138 e. The number of aliphatic hydroxyl groups excluding tert-OH is 1. The van der Waals surface area contributed by atoms with Crippen LogP contribution in [-0.2, 0) is 0 Å². The summed E-state index contributed by atoms with van der Waals surface area (Å²) in [5.74, 6) is 0.0273. The van der Waals surface area contributed by atoms with E-state index >= 15 is 0 Å². The Labute approximate surface area is 133 Å². The average molecular weight is 403 g/mol. The molecule has 2 nitrogen and oxygen atoms in total. The molecule has 1 heterocycles. The molecule has 1 aromatic heterocycles. The first-order valence-electron chi connectivity index (χ1n) is 5.86. The molecule has 0 aliphatic heterocycles. The summed E-state index contributed by atoms with van der Waals surface area (Å²) in [7, 11) is 0. The molecule has 0 bridgehead atoms. The lowest BCUT2D eigenvalue weighted by atomic mass is 10.1. The van der Waals surface area contributed by atoms with Crippen molar-refractivity contribution in [2.24, 2.45) is 0 Å². The number of fused-ring (bicyclic) bond motifs is 1. The molecule has 0 radical (unpaired) electrons. The molecule has 0 fully saturated rings. The SMILES string of the molecule is OC(c1ccc(I)c(Cl)c1)c1cc2cc(F)ccc2o1. The van der Waals surface area contributed by atoms with Crippen LogP contribution in [0.25, 0.3) is 11.0 Å². The third kappa shape index (κ3) is 2.55. The second kappa shape index (κ2) is 5.35. The summed E-state index contributed by atoms with van der Waals surface area (Å²) in [6.07, 6.45) is -0.931. The molecule has 0 spiro atoms. The van der Waals surface area contributed by atoms with Gasteiger partial charge in [0.1, 0.15) is 23.3 Å². The first-order chi connectivity index (χ1) is 9.54. The maximum atomic E-state index is 13.1. The highest BCUT2D eigenvalue weighted by Gasteiger charge is 2.16. The van der Waals surface area contributed by atoms with E-state index in [0.717, 1.165) is 3.57 Å². The summed E-state index contributed by atoms with van der Waals surface area (Å²) in [5.41, 5.74) is 1.17. The van der Waals surface area contributed by atoms with E-state index in [1.807, 2.05) is 6.07 Å². The molecule has 5 heteroatoms. The van der Waals surface area contributed by atoms with Gasteiger partial charge >= 0.3 is 0 Å². The average Bonchev–Trinajstić information content (AvgIpc) is 2.84. The number of hydrogen-bond donors (Lipinski definition) is 1. The van der Waals surface area contributed by atoms with Crippen LogP contribution in [0, 0.1) is 9.39 Å². The molecule has 1 atom stereocenters. The Kier molecular flexibility index (Phi) is 3.70. The maximum absolute atomic E-state index is 13.1. The topological polar surface area (TPSA) is 33.4 Å². The van der Waals surface area contributed by atoms with Crippen LogP contribution in [0.15, 0.2) is 46.9 Å². The van der Waals surface area contributed by atoms with E-state index in [-0.39, 0.29) is 5.82 Å². The number of furan rings is 1. The van der Waals surface area contributed by atoms with Crippen LogP contribution in [0.4, 0.5) is 4.39 Å². The molecule has 20 heavy (non-hydrogen) atoms. The highest BCUT2D eigenvalue weighted by molar-refractivity contribution is 14.1. The third-order valence-corrected chi connectivity index (χ3v) is 4.60. The zero-order valence-corrected chi connectivity index (χ0v) is 13.0. The molecule has 3 rings (SSSR count). The van der Waals surface area contributed by atoms with Crippen LogP contribution in [0.3, 0.4) is 0 Å². The molecule has 0 aliphatic carbocycles. The Bertz CT molecular complexity index is 785. The minimum atomic E-state index is -0.931. The van der Waals surface area contributed by atoms with Crippen LogP contribution in [0.5, 0.6) is 0 Å². The van der Waals surface area contributed by atoms with Crippen LogP contribution in [-0.4, -0.2) is 5.11 Å². The molecule has 0 aliphatic rings. The van der Waals surface area contributed by atoms with Crippen molar-refractivity contribution in [3.8, 4) is 0 Å². The fourth-order valence-electron chi connectivity index (χ4n) is 2.02.